The molecule has 1 aromatic carbocycles. The molecule has 0 saturated carbocycles. The number of hydrogen-bond donors (Lipinski definition) is 1. The van der Waals surface area contributed by atoms with Crippen LogP contribution in [0.15, 0.2) is 24.3 Å². The van der Waals surface area contributed by atoms with Gasteiger partial charge in [0.2, 0.25) is 0 Å². The number of hydrogen-bond acceptors (Lipinski definition) is 3. The lowest BCUT2D eigenvalue weighted by atomic mass is 10.1. The molecule has 3 heteroatoms. The maximum atomic E-state index is 8.43. The normalized spacial score (nSPS) is 13.7. The summed E-state index contributed by atoms with van der Waals surface area (Å²) >= 11 is 0. The molecule has 0 heterocycles. The molecule has 1 N–H and O–H groups in total. The molecule has 0 aliphatic rings. The summed E-state index contributed by atoms with van der Waals surface area (Å²) in [6, 6.07) is 10.2. The van der Waals surface area contributed by atoms with Crippen molar-refractivity contribution in [1.29, 1.82) is 5.26 Å². The van der Waals surface area contributed by atoms with E-state index in [0.29, 0.717) is 12.0 Å². The first-order valence-electron chi connectivity index (χ1n) is 6.50. The zero-order chi connectivity index (χ0) is 13.4. The van der Waals surface area contributed by atoms with Crippen LogP contribution in [0.5, 0.6) is 5.75 Å². The topological polar surface area (TPSA) is 45.0 Å². The highest BCUT2D eigenvalue weighted by molar-refractivity contribution is 5.29. The Kier molecular flexibility index (Phi) is 6.24. The maximum Gasteiger partial charge on any atom is 0.174 e. The van der Waals surface area contributed by atoms with Gasteiger partial charge in [-0.1, -0.05) is 32.4 Å². The minimum atomic E-state index is 0.0984. The summed E-state index contributed by atoms with van der Waals surface area (Å²) in [4.78, 5) is 0. The van der Waals surface area contributed by atoms with Gasteiger partial charge in [-0.05, 0) is 37.1 Å². The SMILES string of the molecule is CCC(C)CNC(C)c1ccc(OCC#N)cc1. The van der Waals surface area contributed by atoms with Gasteiger partial charge in [-0.3, -0.25) is 0 Å². The minimum Gasteiger partial charge on any atom is -0.479 e. The standard InChI is InChI=1S/C15H22N2O/c1-4-12(2)11-17-13(3)14-5-7-15(8-6-14)18-10-9-16/h5-8,12-13,17H,4,10-11H2,1-3H3. The second-order valence-corrected chi connectivity index (χ2v) is 4.66. The van der Waals surface area contributed by atoms with Crippen LogP contribution < -0.4 is 10.1 Å². The Labute approximate surface area is 110 Å². The number of benzene rings is 1. The van der Waals surface area contributed by atoms with E-state index in [1.54, 1.807) is 0 Å². The zero-order valence-electron chi connectivity index (χ0n) is 11.4. The van der Waals surface area contributed by atoms with Crippen LogP contribution in [0, 0.1) is 17.2 Å². The summed E-state index contributed by atoms with van der Waals surface area (Å²) in [5, 5.41) is 11.9. The Hall–Kier alpha value is -1.53. The molecule has 0 radical (unpaired) electrons. The molecule has 0 aliphatic heterocycles. The lowest BCUT2D eigenvalue weighted by Gasteiger charge is -2.17. The van der Waals surface area contributed by atoms with Crippen molar-refractivity contribution in [2.45, 2.75) is 33.2 Å². The second-order valence-electron chi connectivity index (χ2n) is 4.66. The summed E-state index contributed by atoms with van der Waals surface area (Å²) < 4.78 is 5.22. The smallest absolute Gasteiger partial charge is 0.174 e. The van der Waals surface area contributed by atoms with Crippen LogP contribution in [-0.2, 0) is 0 Å². The summed E-state index contributed by atoms with van der Waals surface area (Å²) in [5.74, 6) is 1.44. The fraction of sp³-hybridized carbons (Fsp3) is 0.533. The number of nitriles is 1. The van der Waals surface area contributed by atoms with Crippen LogP contribution in [0.4, 0.5) is 0 Å². The monoisotopic (exact) mass is 246 g/mol. The van der Waals surface area contributed by atoms with Gasteiger partial charge in [0.1, 0.15) is 11.8 Å². The van der Waals surface area contributed by atoms with Gasteiger partial charge < -0.3 is 10.1 Å². The highest BCUT2D eigenvalue weighted by Gasteiger charge is 2.06. The fourth-order valence-electron chi connectivity index (χ4n) is 1.61. The molecule has 1 aromatic rings. The van der Waals surface area contributed by atoms with E-state index in [1.165, 1.54) is 12.0 Å². The minimum absolute atomic E-state index is 0.0984. The highest BCUT2D eigenvalue weighted by Crippen LogP contribution is 2.17. The Morgan fingerprint density at radius 3 is 2.50 bits per heavy atom. The van der Waals surface area contributed by atoms with Crippen LogP contribution in [-0.4, -0.2) is 13.2 Å². The first-order valence-corrected chi connectivity index (χ1v) is 6.50. The Bertz CT molecular complexity index is 380. The van der Waals surface area contributed by atoms with Gasteiger partial charge in [0.05, 0.1) is 0 Å². The van der Waals surface area contributed by atoms with Crippen LogP contribution in [0.25, 0.3) is 0 Å². The third-order valence-electron chi connectivity index (χ3n) is 3.15. The van der Waals surface area contributed by atoms with Crippen molar-refractivity contribution in [2.24, 2.45) is 5.92 Å². The van der Waals surface area contributed by atoms with Crippen LogP contribution in [0.3, 0.4) is 0 Å². The lowest BCUT2D eigenvalue weighted by Crippen LogP contribution is -2.24. The predicted octanol–water partition coefficient (Wildman–Crippen LogP) is 3.29. The van der Waals surface area contributed by atoms with Gasteiger partial charge in [0.25, 0.3) is 0 Å². The van der Waals surface area contributed by atoms with E-state index in [9.17, 15) is 0 Å². The quantitative estimate of drug-likeness (QED) is 0.803. The number of nitrogens with zero attached hydrogens (tertiary/aromatic N) is 1. The summed E-state index contributed by atoms with van der Waals surface area (Å²) in [6.07, 6.45) is 1.20. The summed E-state index contributed by atoms with van der Waals surface area (Å²) in [5.41, 5.74) is 1.24. The van der Waals surface area contributed by atoms with E-state index < -0.39 is 0 Å². The molecule has 1 rings (SSSR count). The average molecular weight is 246 g/mol. The molecular formula is C15H22N2O. The lowest BCUT2D eigenvalue weighted by molar-refractivity contribution is 0.368. The number of nitrogens with one attached hydrogen (secondary N) is 1. The fourth-order valence-corrected chi connectivity index (χ4v) is 1.61. The molecule has 18 heavy (non-hydrogen) atoms. The third-order valence-corrected chi connectivity index (χ3v) is 3.15. The Balaban J connectivity index is 2.48. The van der Waals surface area contributed by atoms with Gasteiger partial charge in [-0.25, -0.2) is 0 Å². The average Bonchev–Trinajstić information content (AvgIpc) is 2.42. The summed E-state index contributed by atoms with van der Waals surface area (Å²) in [7, 11) is 0. The highest BCUT2D eigenvalue weighted by atomic mass is 16.5. The summed E-state index contributed by atoms with van der Waals surface area (Å²) in [6.45, 7) is 7.75. The molecule has 2 atom stereocenters. The van der Waals surface area contributed by atoms with Gasteiger partial charge in [0.15, 0.2) is 6.61 Å². The van der Waals surface area contributed by atoms with Crippen LogP contribution in [0.2, 0.25) is 0 Å². The second kappa shape index (κ2) is 7.73. The van der Waals surface area contributed by atoms with Gasteiger partial charge in [0, 0.05) is 6.04 Å². The molecule has 0 saturated heterocycles. The van der Waals surface area contributed by atoms with E-state index in [0.717, 1.165) is 12.3 Å². The van der Waals surface area contributed by atoms with E-state index in [1.807, 2.05) is 30.3 Å². The van der Waals surface area contributed by atoms with Crippen LogP contribution in [0.1, 0.15) is 38.8 Å². The molecule has 2 unspecified atom stereocenters. The van der Waals surface area contributed by atoms with Crippen molar-refractivity contribution in [3.8, 4) is 11.8 Å². The molecule has 98 valence electrons. The predicted molar refractivity (Wildman–Crippen MR) is 73.4 cm³/mol. The number of ether oxygens (including phenoxy) is 1. The van der Waals surface area contributed by atoms with E-state index in [2.05, 4.69) is 26.1 Å². The van der Waals surface area contributed by atoms with Crippen molar-refractivity contribution in [1.82, 2.24) is 5.32 Å². The van der Waals surface area contributed by atoms with E-state index >= 15 is 0 Å². The Morgan fingerprint density at radius 2 is 1.94 bits per heavy atom. The van der Waals surface area contributed by atoms with Crippen molar-refractivity contribution < 1.29 is 4.74 Å². The molecule has 0 amide bonds. The van der Waals surface area contributed by atoms with Gasteiger partial charge >= 0.3 is 0 Å². The molecule has 3 nitrogen and oxygen atoms in total. The first-order chi connectivity index (χ1) is 8.67. The van der Waals surface area contributed by atoms with E-state index in [-0.39, 0.29) is 6.61 Å². The largest absolute Gasteiger partial charge is 0.479 e. The molecule has 0 aliphatic carbocycles. The van der Waals surface area contributed by atoms with Crippen molar-refractivity contribution in [3.63, 3.8) is 0 Å². The molecular weight excluding hydrogens is 224 g/mol. The van der Waals surface area contributed by atoms with Crippen molar-refractivity contribution in [3.05, 3.63) is 29.8 Å². The van der Waals surface area contributed by atoms with Crippen molar-refractivity contribution >= 4 is 0 Å². The maximum absolute atomic E-state index is 8.43. The third kappa shape index (κ3) is 4.77. The molecule has 0 fully saturated rings. The first kappa shape index (κ1) is 14.5. The number of rotatable bonds is 7. The van der Waals surface area contributed by atoms with Gasteiger partial charge in [-0.15, -0.1) is 0 Å². The Morgan fingerprint density at radius 1 is 1.28 bits per heavy atom. The van der Waals surface area contributed by atoms with Crippen molar-refractivity contribution in [2.75, 3.05) is 13.2 Å². The molecule has 0 spiro atoms. The van der Waals surface area contributed by atoms with Gasteiger partial charge in [-0.2, -0.15) is 5.26 Å². The van der Waals surface area contributed by atoms with E-state index in [4.69, 9.17) is 10.00 Å². The molecule has 0 bridgehead atoms. The van der Waals surface area contributed by atoms with Crippen LogP contribution >= 0.6 is 0 Å². The zero-order valence-corrected chi connectivity index (χ0v) is 11.4. The molecule has 0 aromatic heterocycles.